The van der Waals surface area contributed by atoms with Crippen molar-refractivity contribution in [2.24, 2.45) is 0 Å². The molecule has 90 valence electrons. The second-order valence-electron chi connectivity index (χ2n) is 4.20. The van der Waals surface area contributed by atoms with Crippen LogP contribution >= 0.6 is 0 Å². The summed E-state index contributed by atoms with van der Waals surface area (Å²) in [6.07, 6.45) is 0.876. The zero-order valence-corrected chi connectivity index (χ0v) is 9.88. The van der Waals surface area contributed by atoms with E-state index in [0.717, 1.165) is 11.9 Å². The van der Waals surface area contributed by atoms with Gasteiger partial charge in [0.1, 0.15) is 11.5 Å². The van der Waals surface area contributed by atoms with Gasteiger partial charge in [0.25, 0.3) is 5.91 Å². The molecule has 1 aromatic carbocycles. The lowest BCUT2D eigenvalue weighted by Gasteiger charge is -2.09. The van der Waals surface area contributed by atoms with Crippen molar-refractivity contribution in [1.29, 1.82) is 0 Å². The van der Waals surface area contributed by atoms with Gasteiger partial charge in [0.2, 0.25) is 0 Å². The predicted molar refractivity (Wildman–Crippen MR) is 65.5 cm³/mol. The highest BCUT2D eigenvalue weighted by molar-refractivity contribution is 5.98. The predicted octanol–water partition coefficient (Wildman–Crippen LogP) is 2.84. The van der Waals surface area contributed by atoms with Crippen molar-refractivity contribution >= 4 is 16.8 Å². The minimum atomic E-state index is -0.301. The van der Waals surface area contributed by atoms with Gasteiger partial charge in [0.15, 0.2) is 0 Å². The molecule has 0 bridgehead atoms. The van der Waals surface area contributed by atoms with Gasteiger partial charge in [-0.05, 0) is 37.6 Å². The third kappa shape index (κ3) is 2.46. The zero-order chi connectivity index (χ0) is 12.4. The first kappa shape index (κ1) is 11.6. The fraction of sp³-hybridized carbons (Fsp3) is 0.308. The van der Waals surface area contributed by atoms with Crippen LogP contribution in [0.3, 0.4) is 0 Å². The molecule has 1 aromatic heterocycles. The van der Waals surface area contributed by atoms with Crippen LogP contribution in [0.5, 0.6) is 0 Å². The molecule has 0 radical (unpaired) electrons. The van der Waals surface area contributed by atoms with Crippen molar-refractivity contribution in [3.63, 3.8) is 0 Å². The standard InChI is InChI=1S/C13H15FN2O/c1-3-8(2)15-13(17)12-7-9-6-10(14)4-5-11(9)16-12/h4-8,16H,3H2,1-2H3,(H,15,17)/t8-/m1/s1. The van der Waals surface area contributed by atoms with Gasteiger partial charge >= 0.3 is 0 Å². The van der Waals surface area contributed by atoms with Crippen LogP contribution in [0.1, 0.15) is 30.8 Å². The Morgan fingerprint density at radius 2 is 2.24 bits per heavy atom. The summed E-state index contributed by atoms with van der Waals surface area (Å²) < 4.78 is 13.0. The number of rotatable bonds is 3. The molecule has 1 atom stereocenters. The summed E-state index contributed by atoms with van der Waals surface area (Å²) in [6.45, 7) is 3.95. The number of hydrogen-bond acceptors (Lipinski definition) is 1. The van der Waals surface area contributed by atoms with Crippen LogP contribution in [0, 0.1) is 5.82 Å². The summed E-state index contributed by atoms with van der Waals surface area (Å²) in [5.41, 5.74) is 1.23. The molecule has 0 aliphatic heterocycles. The van der Waals surface area contributed by atoms with Gasteiger partial charge in [-0.3, -0.25) is 4.79 Å². The average molecular weight is 234 g/mol. The molecule has 0 saturated heterocycles. The maximum Gasteiger partial charge on any atom is 0.267 e. The SMILES string of the molecule is CC[C@@H](C)NC(=O)c1cc2cc(F)ccc2[nH]1. The Labute approximate surface area is 99.0 Å². The molecule has 3 nitrogen and oxygen atoms in total. The Kier molecular flexibility index (Phi) is 3.13. The maximum atomic E-state index is 13.0. The molecule has 1 amide bonds. The van der Waals surface area contributed by atoms with E-state index in [1.807, 2.05) is 13.8 Å². The number of carbonyl (C=O) groups is 1. The molecule has 0 aliphatic rings. The molecule has 0 unspecified atom stereocenters. The first-order valence-electron chi connectivity index (χ1n) is 5.69. The normalized spacial score (nSPS) is 12.6. The van der Waals surface area contributed by atoms with Crippen LogP contribution in [0.15, 0.2) is 24.3 Å². The summed E-state index contributed by atoms with van der Waals surface area (Å²) in [6, 6.07) is 6.20. The highest BCUT2D eigenvalue weighted by atomic mass is 19.1. The topological polar surface area (TPSA) is 44.9 Å². The largest absolute Gasteiger partial charge is 0.351 e. The van der Waals surface area contributed by atoms with Crippen molar-refractivity contribution in [2.75, 3.05) is 0 Å². The van der Waals surface area contributed by atoms with E-state index in [-0.39, 0.29) is 17.8 Å². The molecular formula is C13H15FN2O. The third-order valence-electron chi connectivity index (χ3n) is 2.82. The Balaban J connectivity index is 2.27. The number of fused-ring (bicyclic) bond motifs is 1. The lowest BCUT2D eigenvalue weighted by molar-refractivity contribution is 0.0935. The van der Waals surface area contributed by atoms with Gasteiger partial charge in [0.05, 0.1) is 0 Å². The highest BCUT2D eigenvalue weighted by Gasteiger charge is 2.11. The maximum absolute atomic E-state index is 13.0. The van der Waals surface area contributed by atoms with E-state index in [0.29, 0.717) is 11.1 Å². The number of hydrogen-bond donors (Lipinski definition) is 2. The minimum absolute atomic E-state index is 0.130. The molecule has 0 spiro atoms. The number of benzene rings is 1. The first-order chi connectivity index (χ1) is 8.10. The molecule has 17 heavy (non-hydrogen) atoms. The quantitative estimate of drug-likeness (QED) is 0.842. The number of carbonyl (C=O) groups excluding carboxylic acids is 1. The lowest BCUT2D eigenvalue weighted by Crippen LogP contribution is -2.32. The van der Waals surface area contributed by atoms with Gasteiger partial charge in [-0.25, -0.2) is 4.39 Å². The third-order valence-corrected chi connectivity index (χ3v) is 2.82. The zero-order valence-electron chi connectivity index (χ0n) is 9.88. The number of halogens is 1. The van der Waals surface area contributed by atoms with Crippen LogP contribution in [0.2, 0.25) is 0 Å². The van der Waals surface area contributed by atoms with Gasteiger partial charge in [-0.2, -0.15) is 0 Å². The van der Waals surface area contributed by atoms with E-state index in [1.54, 1.807) is 12.1 Å². The van der Waals surface area contributed by atoms with Gasteiger partial charge in [-0.15, -0.1) is 0 Å². The van der Waals surface area contributed by atoms with Crippen LogP contribution in [-0.4, -0.2) is 16.9 Å². The molecular weight excluding hydrogens is 219 g/mol. The second kappa shape index (κ2) is 4.57. The summed E-state index contributed by atoms with van der Waals surface area (Å²) >= 11 is 0. The average Bonchev–Trinajstić information content (AvgIpc) is 2.71. The first-order valence-corrected chi connectivity index (χ1v) is 5.69. The molecule has 2 aromatic rings. The molecule has 1 heterocycles. The van der Waals surface area contributed by atoms with Crippen LogP contribution in [-0.2, 0) is 0 Å². The summed E-state index contributed by atoms with van der Waals surface area (Å²) in [5, 5.41) is 3.57. The number of nitrogens with one attached hydrogen (secondary N) is 2. The molecule has 0 saturated carbocycles. The fourth-order valence-corrected chi connectivity index (χ4v) is 1.63. The smallest absolute Gasteiger partial charge is 0.267 e. The van der Waals surface area contributed by atoms with E-state index < -0.39 is 0 Å². The number of amides is 1. The summed E-state index contributed by atoms with van der Waals surface area (Å²) in [4.78, 5) is 14.8. The number of H-pyrrole nitrogens is 1. The van der Waals surface area contributed by atoms with Crippen LogP contribution in [0.4, 0.5) is 4.39 Å². The van der Waals surface area contributed by atoms with Crippen molar-refractivity contribution in [1.82, 2.24) is 10.3 Å². The van der Waals surface area contributed by atoms with Crippen LogP contribution < -0.4 is 5.32 Å². The van der Waals surface area contributed by atoms with E-state index in [1.165, 1.54) is 12.1 Å². The van der Waals surface area contributed by atoms with E-state index in [9.17, 15) is 9.18 Å². The summed E-state index contributed by atoms with van der Waals surface area (Å²) in [7, 11) is 0. The molecule has 0 aliphatic carbocycles. The Hall–Kier alpha value is -1.84. The van der Waals surface area contributed by atoms with E-state index in [4.69, 9.17) is 0 Å². The number of aromatic nitrogens is 1. The monoisotopic (exact) mass is 234 g/mol. The molecule has 2 rings (SSSR count). The lowest BCUT2D eigenvalue weighted by atomic mass is 10.2. The highest BCUT2D eigenvalue weighted by Crippen LogP contribution is 2.16. The molecule has 4 heteroatoms. The number of aromatic amines is 1. The Morgan fingerprint density at radius 1 is 1.47 bits per heavy atom. The molecule has 2 N–H and O–H groups in total. The minimum Gasteiger partial charge on any atom is -0.351 e. The van der Waals surface area contributed by atoms with Gasteiger partial charge in [0, 0.05) is 16.9 Å². The van der Waals surface area contributed by atoms with Crippen molar-refractivity contribution < 1.29 is 9.18 Å². The van der Waals surface area contributed by atoms with Crippen molar-refractivity contribution in [3.8, 4) is 0 Å². The molecule has 0 fully saturated rings. The van der Waals surface area contributed by atoms with Crippen molar-refractivity contribution in [3.05, 3.63) is 35.8 Å². The van der Waals surface area contributed by atoms with Gasteiger partial charge < -0.3 is 10.3 Å². The van der Waals surface area contributed by atoms with E-state index in [2.05, 4.69) is 10.3 Å². The Morgan fingerprint density at radius 3 is 2.94 bits per heavy atom. The van der Waals surface area contributed by atoms with Gasteiger partial charge in [-0.1, -0.05) is 6.92 Å². The Bertz CT molecular complexity index is 547. The fourth-order valence-electron chi connectivity index (χ4n) is 1.63. The van der Waals surface area contributed by atoms with Crippen LogP contribution in [0.25, 0.3) is 10.9 Å². The van der Waals surface area contributed by atoms with E-state index >= 15 is 0 Å². The second-order valence-corrected chi connectivity index (χ2v) is 4.20. The van der Waals surface area contributed by atoms with Crippen molar-refractivity contribution in [2.45, 2.75) is 26.3 Å². The summed E-state index contributed by atoms with van der Waals surface area (Å²) in [5.74, 6) is -0.457.